The van der Waals surface area contributed by atoms with Gasteiger partial charge in [-0.25, -0.2) is 9.97 Å². The number of rotatable bonds is 3. The second-order valence-corrected chi connectivity index (χ2v) is 6.47. The van der Waals surface area contributed by atoms with Gasteiger partial charge in [-0.1, -0.05) is 18.2 Å². The number of hydrogen-bond acceptors (Lipinski definition) is 6. The molecule has 6 heteroatoms. The Labute approximate surface area is 152 Å². The molecule has 2 aromatic heterocycles. The van der Waals surface area contributed by atoms with E-state index >= 15 is 0 Å². The Hall–Kier alpha value is -3.20. The highest BCUT2D eigenvalue weighted by Crippen LogP contribution is 2.26. The van der Waals surface area contributed by atoms with Crippen molar-refractivity contribution in [3.05, 3.63) is 54.0 Å². The summed E-state index contributed by atoms with van der Waals surface area (Å²) in [5.74, 6) is 1.34. The number of nitrogens with zero attached hydrogens (tertiary/aromatic N) is 5. The Bertz CT molecular complexity index is 973. The lowest BCUT2D eigenvalue weighted by molar-refractivity contribution is 0.163. The second kappa shape index (κ2) is 6.96. The molecular formula is C20H19N5O. The molecule has 0 saturated carbocycles. The lowest BCUT2D eigenvalue weighted by Gasteiger charge is -2.33. The number of pyridine rings is 1. The summed E-state index contributed by atoms with van der Waals surface area (Å²) in [5, 5.41) is 10.5. The third-order valence-corrected chi connectivity index (χ3v) is 4.59. The average molecular weight is 345 g/mol. The van der Waals surface area contributed by atoms with Crippen molar-refractivity contribution in [1.82, 2.24) is 15.0 Å². The molecule has 1 saturated heterocycles. The van der Waals surface area contributed by atoms with E-state index in [0.29, 0.717) is 11.4 Å². The summed E-state index contributed by atoms with van der Waals surface area (Å²) >= 11 is 0. The summed E-state index contributed by atoms with van der Waals surface area (Å²) in [6.45, 7) is 3.49. The van der Waals surface area contributed by atoms with E-state index in [1.165, 1.54) is 0 Å². The lowest BCUT2D eigenvalue weighted by atomic mass is 10.1. The van der Waals surface area contributed by atoms with Gasteiger partial charge in [-0.3, -0.25) is 4.98 Å². The number of aromatic nitrogens is 3. The molecule has 0 radical (unpaired) electrons. The van der Waals surface area contributed by atoms with E-state index in [1.807, 2.05) is 37.3 Å². The zero-order valence-electron chi connectivity index (χ0n) is 14.6. The minimum Gasteiger partial charge on any atom is -0.473 e. The molecule has 0 N–H and O–H groups in total. The Morgan fingerprint density at radius 3 is 2.73 bits per heavy atom. The van der Waals surface area contributed by atoms with Crippen LogP contribution >= 0.6 is 0 Å². The van der Waals surface area contributed by atoms with Gasteiger partial charge in [0, 0.05) is 37.5 Å². The number of hydrogen-bond donors (Lipinski definition) is 0. The predicted octanol–water partition coefficient (Wildman–Crippen LogP) is 3.25. The highest BCUT2D eigenvalue weighted by molar-refractivity contribution is 5.83. The summed E-state index contributed by atoms with van der Waals surface area (Å²) in [6.07, 6.45) is 5.18. The number of piperidine rings is 1. The molecule has 0 bridgehead atoms. The topological polar surface area (TPSA) is 74.9 Å². The zero-order chi connectivity index (χ0) is 17.9. The Kier molecular flexibility index (Phi) is 4.36. The SMILES string of the molecule is Cc1cncc(OC2CCN(c3nc4ccccc4cc3C#N)CC2)n1. The number of ether oxygens (including phenoxy) is 1. The average Bonchev–Trinajstić information content (AvgIpc) is 2.67. The van der Waals surface area contributed by atoms with Gasteiger partial charge in [-0.2, -0.15) is 5.26 Å². The van der Waals surface area contributed by atoms with Gasteiger partial charge in [-0.15, -0.1) is 0 Å². The maximum absolute atomic E-state index is 9.52. The number of nitriles is 1. The van der Waals surface area contributed by atoms with Crippen LogP contribution < -0.4 is 9.64 Å². The number of aryl methyl sites for hydroxylation is 1. The molecule has 1 aromatic carbocycles. The van der Waals surface area contributed by atoms with Gasteiger partial charge in [0.2, 0.25) is 5.88 Å². The molecule has 130 valence electrons. The van der Waals surface area contributed by atoms with E-state index in [0.717, 1.165) is 48.3 Å². The van der Waals surface area contributed by atoms with Gasteiger partial charge in [-0.05, 0) is 19.1 Å². The summed E-state index contributed by atoms with van der Waals surface area (Å²) in [7, 11) is 0. The first kappa shape index (κ1) is 16.3. The van der Waals surface area contributed by atoms with Crippen molar-refractivity contribution in [3.63, 3.8) is 0 Å². The Morgan fingerprint density at radius 1 is 1.15 bits per heavy atom. The number of benzene rings is 1. The third-order valence-electron chi connectivity index (χ3n) is 4.59. The molecule has 1 aliphatic rings. The molecule has 0 spiro atoms. The molecule has 26 heavy (non-hydrogen) atoms. The van der Waals surface area contributed by atoms with E-state index in [1.54, 1.807) is 12.4 Å². The first-order valence-corrected chi connectivity index (χ1v) is 8.73. The smallest absolute Gasteiger partial charge is 0.232 e. The van der Waals surface area contributed by atoms with Crippen LogP contribution in [0.1, 0.15) is 24.1 Å². The number of fused-ring (bicyclic) bond motifs is 1. The third kappa shape index (κ3) is 3.29. The van der Waals surface area contributed by atoms with Crippen LogP contribution in [0.5, 0.6) is 5.88 Å². The largest absolute Gasteiger partial charge is 0.473 e. The second-order valence-electron chi connectivity index (χ2n) is 6.47. The summed E-state index contributed by atoms with van der Waals surface area (Å²) < 4.78 is 5.96. The highest BCUT2D eigenvalue weighted by atomic mass is 16.5. The maximum Gasteiger partial charge on any atom is 0.232 e. The Balaban J connectivity index is 1.49. The molecule has 6 nitrogen and oxygen atoms in total. The fourth-order valence-corrected chi connectivity index (χ4v) is 3.28. The molecule has 3 heterocycles. The molecular weight excluding hydrogens is 326 g/mol. The molecule has 0 atom stereocenters. The van der Waals surface area contributed by atoms with Crippen molar-refractivity contribution in [2.45, 2.75) is 25.9 Å². The lowest BCUT2D eigenvalue weighted by Crippen LogP contribution is -2.39. The minimum absolute atomic E-state index is 0.105. The van der Waals surface area contributed by atoms with Gasteiger partial charge in [0.15, 0.2) is 0 Å². The van der Waals surface area contributed by atoms with Gasteiger partial charge in [0.1, 0.15) is 18.0 Å². The summed E-state index contributed by atoms with van der Waals surface area (Å²) in [6, 6.07) is 12.1. The van der Waals surface area contributed by atoms with Crippen LogP contribution in [0.2, 0.25) is 0 Å². The quantitative estimate of drug-likeness (QED) is 0.725. The van der Waals surface area contributed by atoms with E-state index in [2.05, 4.69) is 20.9 Å². The van der Waals surface area contributed by atoms with Crippen molar-refractivity contribution < 1.29 is 4.74 Å². The summed E-state index contributed by atoms with van der Waals surface area (Å²) in [4.78, 5) is 15.4. The standard InChI is InChI=1S/C20H19N5O/c1-14-12-22-13-19(23-14)26-17-6-8-25(9-7-17)20-16(11-21)10-15-4-2-3-5-18(15)24-20/h2-5,10,12-13,17H,6-9H2,1H3. The van der Waals surface area contributed by atoms with Crippen LogP contribution in [0, 0.1) is 18.3 Å². The fraction of sp³-hybridized carbons (Fsp3) is 0.300. The van der Waals surface area contributed by atoms with Crippen molar-refractivity contribution in [3.8, 4) is 11.9 Å². The first-order chi connectivity index (χ1) is 12.7. The van der Waals surface area contributed by atoms with Crippen LogP contribution in [-0.4, -0.2) is 34.1 Å². The fourth-order valence-electron chi connectivity index (χ4n) is 3.28. The predicted molar refractivity (Wildman–Crippen MR) is 99.1 cm³/mol. The van der Waals surface area contributed by atoms with E-state index in [9.17, 15) is 5.26 Å². The normalized spacial score (nSPS) is 15.0. The van der Waals surface area contributed by atoms with Crippen molar-refractivity contribution in [2.75, 3.05) is 18.0 Å². The zero-order valence-corrected chi connectivity index (χ0v) is 14.6. The van der Waals surface area contributed by atoms with Gasteiger partial charge in [0.05, 0.1) is 23.0 Å². The van der Waals surface area contributed by atoms with Crippen molar-refractivity contribution in [2.24, 2.45) is 0 Å². The molecule has 4 rings (SSSR count). The maximum atomic E-state index is 9.52. The van der Waals surface area contributed by atoms with Crippen LogP contribution in [0.15, 0.2) is 42.7 Å². The van der Waals surface area contributed by atoms with Gasteiger partial charge >= 0.3 is 0 Å². The summed E-state index contributed by atoms with van der Waals surface area (Å²) in [5.41, 5.74) is 2.38. The monoisotopic (exact) mass is 345 g/mol. The molecule has 0 unspecified atom stereocenters. The van der Waals surface area contributed by atoms with Crippen molar-refractivity contribution in [1.29, 1.82) is 5.26 Å². The van der Waals surface area contributed by atoms with Gasteiger partial charge in [0.25, 0.3) is 0 Å². The Morgan fingerprint density at radius 2 is 1.96 bits per heavy atom. The molecule has 0 amide bonds. The molecule has 1 fully saturated rings. The number of para-hydroxylation sites is 1. The van der Waals surface area contributed by atoms with Crippen LogP contribution in [0.25, 0.3) is 10.9 Å². The molecule has 0 aliphatic carbocycles. The highest BCUT2D eigenvalue weighted by Gasteiger charge is 2.24. The van der Waals surface area contributed by atoms with Crippen LogP contribution in [-0.2, 0) is 0 Å². The first-order valence-electron chi connectivity index (χ1n) is 8.73. The number of anilines is 1. The minimum atomic E-state index is 0.105. The van der Waals surface area contributed by atoms with E-state index in [-0.39, 0.29) is 6.10 Å². The van der Waals surface area contributed by atoms with Crippen LogP contribution in [0.3, 0.4) is 0 Å². The van der Waals surface area contributed by atoms with E-state index < -0.39 is 0 Å². The molecule has 3 aromatic rings. The van der Waals surface area contributed by atoms with Crippen LogP contribution in [0.4, 0.5) is 5.82 Å². The van der Waals surface area contributed by atoms with E-state index in [4.69, 9.17) is 9.72 Å². The van der Waals surface area contributed by atoms with Crippen molar-refractivity contribution >= 4 is 16.7 Å². The molecule has 1 aliphatic heterocycles. The van der Waals surface area contributed by atoms with Gasteiger partial charge < -0.3 is 9.64 Å².